The van der Waals surface area contributed by atoms with Crippen molar-refractivity contribution in [1.82, 2.24) is 0 Å². The van der Waals surface area contributed by atoms with Gasteiger partial charge in [-0.3, -0.25) is 4.79 Å². The van der Waals surface area contributed by atoms with Crippen molar-refractivity contribution in [2.24, 2.45) is 34.5 Å². The van der Waals surface area contributed by atoms with Crippen LogP contribution >= 0.6 is 0 Å². The van der Waals surface area contributed by atoms with Gasteiger partial charge in [-0.2, -0.15) is 10.5 Å². The Morgan fingerprint density at radius 3 is 2.00 bits per heavy atom. The number of ketones is 1. The Kier molecular flexibility index (Phi) is 3.36. The zero-order chi connectivity index (χ0) is 19.0. The van der Waals surface area contributed by atoms with Crippen molar-refractivity contribution < 1.29 is 13.6 Å². The first kappa shape index (κ1) is 16.9. The summed E-state index contributed by atoms with van der Waals surface area (Å²) in [5.41, 5.74) is -1.49. The zero-order valence-corrected chi connectivity index (χ0v) is 14.9. The topological polar surface area (TPSA) is 64.7 Å². The lowest BCUT2D eigenvalue weighted by atomic mass is 9.48. The Labute approximate surface area is 157 Å². The minimum atomic E-state index is -1.45. The molecular formula is C22H20F2N2O. The van der Waals surface area contributed by atoms with E-state index < -0.39 is 34.3 Å². The molecule has 2 unspecified atom stereocenters. The molecular weight excluding hydrogens is 346 g/mol. The molecule has 5 aliphatic rings. The lowest BCUT2D eigenvalue weighted by Gasteiger charge is -2.56. The summed E-state index contributed by atoms with van der Waals surface area (Å²) in [6.07, 6.45) is 6.20. The van der Waals surface area contributed by atoms with Gasteiger partial charge < -0.3 is 0 Å². The number of nitriles is 2. The lowest BCUT2D eigenvalue weighted by Crippen LogP contribution is -2.50. The van der Waals surface area contributed by atoms with E-state index in [9.17, 15) is 24.1 Å². The Hall–Kier alpha value is -2.27. The quantitative estimate of drug-likeness (QED) is 0.791. The second-order valence-corrected chi connectivity index (χ2v) is 9.28. The van der Waals surface area contributed by atoms with E-state index in [1.54, 1.807) is 0 Å². The Balaban J connectivity index is 1.52. The number of carbonyl (C=O) groups excluding carboxylic acids is 1. The summed E-state index contributed by atoms with van der Waals surface area (Å²) in [6, 6.07) is 7.55. The molecule has 2 atom stereocenters. The Morgan fingerprint density at radius 1 is 0.963 bits per heavy atom. The highest BCUT2D eigenvalue weighted by atomic mass is 19.2. The van der Waals surface area contributed by atoms with Crippen LogP contribution in [0.15, 0.2) is 18.2 Å². The van der Waals surface area contributed by atoms with E-state index in [1.165, 1.54) is 25.3 Å². The van der Waals surface area contributed by atoms with Gasteiger partial charge in [0.1, 0.15) is 5.78 Å². The average Bonchev–Trinajstić information content (AvgIpc) is 3.31. The van der Waals surface area contributed by atoms with Crippen molar-refractivity contribution in [3.8, 4) is 12.1 Å². The molecule has 138 valence electrons. The van der Waals surface area contributed by atoms with E-state index in [1.807, 2.05) is 12.1 Å². The van der Waals surface area contributed by atoms with Gasteiger partial charge in [-0.1, -0.05) is 6.07 Å². The Morgan fingerprint density at radius 2 is 1.52 bits per heavy atom. The number of carbonyl (C=O) groups is 1. The van der Waals surface area contributed by atoms with Crippen molar-refractivity contribution in [3.05, 3.63) is 35.4 Å². The molecule has 0 N–H and O–H groups in total. The summed E-state index contributed by atoms with van der Waals surface area (Å²) in [4.78, 5) is 13.7. The van der Waals surface area contributed by atoms with Crippen molar-refractivity contribution in [2.75, 3.05) is 0 Å². The van der Waals surface area contributed by atoms with Gasteiger partial charge in [-0.05, 0) is 74.0 Å². The molecule has 0 amide bonds. The molecule has 6 rings (SSSR count). The van der Waals surface area contributed by atoms with Crippen LogP contribution in [0, 0.1) is 68.8 Å². The van der Waals surface area contributed by atoms with Gasteiger partial charge in [0.25, 0.3) is 0 Å². The highest BCUT2D eigenvalue weighted by Crippen LogP contribution is 2.70. The van der Waals surface area contributed by atoms with Crippen LogP contribution in [0.4, 0.5) is 8.78 Å². The van der Waals surface area contributed by atoms with Crippen molar-refractivity contribution in [2.45, 2.75) is 44.4 Å². The monoisotopic (exact) mass is 366 g/mol. The molecule has 1 aromatic rings. The van der Waals surface area contributed by atoms with Gasteiger partial charge in [0, 0.05) is 11.3 Å². The molecule has 5 heteroatoms. The molecule has 27 heavy (non-hydrogen) atoms. The van der Waals surface area contributed by atoms with Crippen molar-refractivity contribution >= 4 is 5.78 Å². The minimum Gasteiger partial charge on any atom is -0.299 e. The average molecular weight is 366 g/mol. The lowest BCUT2D eigenvalue weighted by molar-refractivity contribution is -0.145. The summed E-state index contributed by atoms with van der Waals surface area (Å²) in [5, 5.41) is 19.4. The smallest absolute Gasteiger partial charge is 0.161 e. The summed E-state index contributed by atoms with van der Waals surface area (Å²) in [6.45, 7) is 0. The van der Waals surface area contributed by atoms with Crippen LogP contribution in [0.1, 0.15) is 50.0 Å². The summed E-state index contributed by atoms with van der Waals surface area (Å²) < 4.78 is 27.1. The van der Waals surface area contributed by atoms with Gasteiger partial charge >= 0.3 is 0 Å². The summed E-state index contributed by atoms with van der Waals surface area (Å²) >= 11 is 0. The summed E-state index contributed by atoms with van der Waals surface area (Å²) in [7, 11) is 0. The molecule has 0 saturated heterocycles. The van der Waals surface area contributed by atoms with Crippen LogP contribution in [0.25, 0.3) is 0 Å². The molecule has 0 aliphatic heterocycles. The number of nitrogens with zero attached hydrogens (tertiary/aromatic N) is 2. The van der Waals surface area contributed by atoms with E-state index in [4.69, 9.17) is 0 Å². The normalized spacial score (nSPS) is 40.2. The fraction of sp³-hybridized carbons (Fsp3) is 0.591. The molecule has 5 saturated carbocycles. The van der Waals surface area contributed by atoms with E-state index in [0.29, 0.717) is 23.3 Å². The molecule has 0 aromatic heterocycles. The minimum absolute atomic E-state index is 0.0273. The fourth-order valence-corrected chi connectivity index (χ4v) is 6.95. The van der Waals surface area contributed by atoms with Crippen molar-refractivity contribution in [3.63, 3.8) is 0 Å². The van der Waals surface area contributed by atoms with Crippen LogP contribution < -0.4 is 0 Å². The van der Waals surface area contributed by atoms with Gasteiger partial charge in [0.05, 0.1) is 18.1 Å². The number of hydrogen-bond acceptors (Lipinski definition) is 3. The predicted octanol–water partition coefficient (Wildman–Crippen LogP) is 4.50. The molecule has 5 aliphatic carbocycles. The maximum absolute atomic E-state index is 13.7. The van der Waals surface area contributed by atoms with Gasteiger partial charge in [-0.15, -0.1) is 0 Å². The molecule has 1 aromatic carbocycles. The highest BCUT2D eigenvalue weighted by Gasteiger charge is 2.73. The Bertz CT molecular complexity index is 876. The molecule has 0 heterocycles. The van der Waals surface area contributed by atoms with E-state index in [2.05, 4.69) is 0 Å². The third-order valence-electron chi connectivity index (χ3n) is 7.72. The maximum Gasteiger partial charge on any atom is 0.161 e. The predicted molar refractivity (Wildman–Crippen MR) is 91.9 cm³/mol. The largest absolute Gasteiger partial charge is 0.299 e. The van der Waals surface area contributed by atoms with E-state index in [0.717, 1.165) is 31.4 Å². The number of halogens is 2. The molecule has 0 radical (unpaired) electrons. The second kappa shape index (κ2) is 5.38. The van der Waals surface area contributed by atoms with Gasteiger partial charge in [0.15, 0.2) is 17.0 Å². The van der Waals surface area contributed by atoms with Crippen molar-refractivity contribution in [1.29, 1.82) is 10.5 Å². The molecule has 5 fully saturated rings. The standard InChI is InChI=1S/C22H20F2N2O/c23-16-2-1-15(6-17(16)24)18-19(22(18,10-25)11-26)20(27)21-7-12-3-13(8-21)5-14(4-12)9-21/h1-2,6,12-14,18-19H,3-5,7-9H2. The molecule has 3 nitrogen and oxygen atoms in total. The van der Waals surface area contributed by atoms with Crippen LogP contribution in [-0.4, -0.2) is 5.78 Å². The second-order valence-electron chi connectivity index (χ2n) is 9.28. The maximum atomic E-state index is 13.7. The number of benzene rings is 1. The van der Waals surface area contributed by atoms with Crippen LogP contribution in [0.2, 0.25) is 0 Å². The molecule has 4 bridgehead atoms. The van der Waals surface area contributed by atoms with Gasteiger partial charge in [0.2, 0.25) is 0 Å². The van der Waals surface area contributed by atoms with E-state index >= 15 is 0 Å². The highest BCUT2D eigenvalue weighted by molar-refractivity contribution is 5.94. The number of Topliss-reactive ketones (excluding diaryl/α,β-unsaturated/α-hetero) is 1. The van der Waals surface area contributed by atoms with Crippen LogP contribution in [0.3, 0.4) is 0 Å². The first-order valence-electron chi connectivity index (χ1n) is 9.74. The molecule has 0 spiro atoms. The van der Waals surface area contributed by atoms with Crippen LogP contribution in [-0.2, 0) is 4.79 Å². The third kappa shape index (κ3) is 2.18. The summed E-state index contributed by atoms with van der Waals surface area (Å²) in [5.74, 6) is -1.60. The third-order valence-corrected chi connectivity index (χ3v) is 7.72. The zero-order valence-electron chi connectivity index (χ0n) is 14.9. The first-order valence-corrected chi connectivity index (χ1v) is 9.74. The number of rotatable bonds is 3. The van der Waals surface area contributed by atoms with E-state index in [-0.39, 0.29) is 5.78 Å². The number of hydrogen-bond donors (Lipinski definition) is 0. The first-order chi connectivity index (χ1) is 12.9. The fourth-order valence-electron chi connectivity index (χ4n) is 6.95. The van der Waals surface area contributed by atoms with Gasteiger partial charge in [-0.25, -0.2) is 8.78 Å². The SMILES string of the molecule is N#CC1(C#N)C(C(=O)C23CC4CC(CC(C4)C2)C3)C1c1ccc(F)c(F)c1. The van der Waals surface area contributed by atoms with Crippen LogP contribution in [0.5, 0.6) is 0 Å².